The number of rotatable bonds is 2. The summed E-state index contributed by atoms with van der Waals surface area (Å²) in [5.41, 5.74) is 2.65. The van der Waals surface area contributed by atoms with Gasteiger partial charge in [-0.25, -0.2) is 0 Å². The van der Waals surface area contributed by atoms with Crippen molar-refractivity contribution in [1.82, 2.24) is 0 Å². The second-order valence-corrected chi connectivity index (χ2v) is 3.74. The fraction of sp³-hybridized carbons (Fsp3) is 0.182. The highest BCUT2D eigenvalue weighted by molar-refractivity contribution is 7.98. The van der Waals surface area contributed by atoms with Crippen LogP contribution >= 0.6 is 11.8 Å². The van der Waals surface area contributed by atoms with Gasteiger partial charge in [0.25, 0.3) is 0 Å². The molecule has 0 bridgehead atoms. The van der Waals surface area contributed by atoms with E-state index in [4.69, 9.17) is 0 Å². The Morgan fingerprint density at radius 1 is 1.31 bits per heavy atom. The standard InChI is InChI=1S/C11H11NS/c1-13-11-5-3-2-4-10(11)9-6-7-12-8-9/h2-5,7-8H,6H2,1H3. The Kier molecular flexibility index (Phi) is 2.50. The van der Waals surface area contributed by atoms with Crippen LogP contribution in [0.4, 0.5) is 0 Å². The van der Waals surface area contributed by atoms with Gasteiger partial charge in [0, 0.05) is 23.7 Å². The fourth-order valence-corrected chi connectivity index (χ4v) is 2.07. The first-order valence-corrected chi connectivity index (χ1v) is 5.48. The summed E-state index contributed by atoms with van der Waals surface area (Å²) in [6.07, 6.45) is 6.98. The normalized spacial score (nSPS) is 14.7. The van der Waals surface area contributed by atoms with Gasteiger partial charge in [0.2, 0.25) is 0 Å². The molecule has 0 saturated heterocycles. The van der Waals surface area contributed by atoms with Gasteiger partial charge in [-0.1, -0.05) is 18.2 Å². The summed E-state index contributed by atoms with van der Waals surface area (Å²) in [6.45, 7) is 0. The van der Waals surface area contributed by atoms with Crippen LogP contribution in [0.3, 0.4) is 0 Å². The highest BCUT2D eigenvalue weighted by atomic mass is 32.2. The van der Waals surface area contributed by atoms with Crippen LogP contribution in [0.15, 0.2) is 40.4 Å². The Labute approximate surface area is 82.6 Å². The van der Waals surface area contributed by atoms with E-state index in [1.807, 2.05) is 12.4 Å². The number of hydrogen-bond acceptors (Lipinski definition) is 2. The van der Waals surface area contributed by atoms with E-state index in [2.05, 4.69) is 35.5 Å². The molecule has 0 fully saturated rings. The van der Waals surface area contributed by atoms with Crippen molar-refractivity contribution in [1.29, 1.82) is 0 Å². The van der Waals surface area contributed by atoms with Crippen LogP contribution in [-0.4, -0.2) is 12.5 Å². The zero-order valence-corrected chi connectivity index (χ0v) is 8.34. The molecular formula is C11H11NS. The molecule has 0 aliphatic carbocycles. The van der Waals surface area contributed by atoms with E-state index in [0.29, 0.717) is 0 Å². The van der Waals surface area contributed by atoms with Crippen molar-refractivity contribution in [3.05, 3.63) is 36.0 Å². The van der Waals surface area contributed by atoms with Crippen molar-refractivity contribution in [3.63, 3.8) is 0 Å². The van der Waals surface area contributed by atoms with Gasteiger partial charge in [-0.2, -0.15) is 0 Å². The lowest BCUT2D eigenvalue weighted by molar-refractivity contribution is 1.37. The summed E-state index contributed by atoms with van der Waals surface area (Å²) >= 11 is 1.79. The van der Waals surface area contributed by atoms with Crippen LogP contribution in [-0.2, 0) is 0 Å². The molecule has 2 rings (SSSR count). The SMILES string of the molecule is CSc1ccccc1C1=CN=CC1. The summed E-state index contributed by atoms with van der Waals surface area (Å²) in [6, 6.07) is 8.46. The Morgan fingerprint density at radius 2 is 2.15 bits per heavy atom. The van der Waals surface area contributed by atoms with Gasteiger partial charge in [-0.05, 0) is 23.5 Å². The van der Waals surface area contributed by atoms with Crippen molar-refractivity contribution in [2.24, 2.45) is 4.99 Å². The van der Waals surface area contributed by atoms with Crippen molar-refractivity contribution in [2.75, 3.05) is 6.26 Å². The van der Waals surface area contributed by atoms with Gasteiger partial charge in [0.1, 0.15) is 0 Å². The van der Waals surface area contributed by atoms with Crippen LogP contribution in [0.25, 0.3) is 5.57 Å². The quantitative estimate of drug-likeness (QED) is 0.651. The van der Waals surface area contributed by atoms with E-state index in [1.54, 1.807) is 11.8 Å². The van der Waals surface area contributed by atoms with Crippen LogP contribution in [0.5, 0.6) is 0 Å². The topological polar surface area (TPSA) is 12.4 Å². The Balaban J connectivity index is 2.39. The molecule has 1 heterocycles. The van der Waals surface area contributed by atoms with Gasteiger partial charge < -0.3 is 0 Å². The van der Waals surface area contributed by atoms with E-state index >= 15 is 0 Å². The zero-order valence-electron chi connectivity index (χ0n) is 7.53. The van der Waals surface area contributed by atoms with Crippen molar-refractivity contribution >= 4 is 23.5 Å². The first-order chi connectivity index (χ1) is 6.42. The number of benzene rings is 1. The third kappa shape index (κ3) is 1.68. The minimum Gasteiger partial charge on any atom is -0.268 e. The monoisotopic (exact) mass is 189 g/mol. The molecular weight excluding hydrogens is 178 g/mol. The molecule has 0 N–H and O–H groups in total. The van der Waals surface area contributed by atoms with E-state index < -0.39 is 0 Å². The molecule has 1 aromatic rings. The maximum Gasteiger partial charge on any atom is 0.0306 e. The molecule has 1 nitrogen and oxygen atoms in total. The molecule has 0 spiro atoms. The Bertz CT molecular complexity index is 366. The van der Waals surface area contributed by atoms with E-state index in [-0.39, 0.29) is 0 Å². The van der Waals surface area contributed by atoms with E-state index in [0.717, 1.165) is 6.42 Å². The van der Waals surface area contributed by atoms with E-state index in [1.165, 1.54) is 16.0 Å². The lowest BCUT2D eigenvalue weighted by atomic mass is 10.1. The van der Waals surface area contributed by atoms with Gasteiger partial charge in [0.15, 0.2) is 0 Å². The van der Waals surface area contributed by atoms with Crippen LogP contribution in [0.1, 0.15) is 12.0 Å². The van der Waals surface area contributed by atoms with Crippen LogP contribution in [0, 0.1) is 0 Å². The number of thioether (sulfide) groups is 1. The third-order valence-corrected chi connectivity index (χ3v) is 2.90. The predicted molar refractivity (Wildman–Crippen MR) is 59.3 cm³/mol. The predicted octanol–water partition coefficient (Wildman–Crippen LogP) is 3.22. The number of allylic oxidation sites excluding steroid dienone is 1. The van der Waals surface area contributed by atoms with Crippen molar-refractivity contribution < 1.29 is 0 Å². The Hall–Kier alpha value is -1.02. The van der Waals surface area contributed by atoms with Crippen LogP contribution in [0.2, 0.25) is 0 Å². The fourth-order valence-electron chi connectivity index (χ4n) is 1.44. The van der Waals surface area contributed by atoms with Gasteiger partial charge in [0.05, 0.1) is 0 Å². The lowest BCUT2D eigenvalue weighted by Crippen LogP contribution is -1.85. The molecule has 2 heteroatoms. The first-order valence-electron chi connectivity index (χ1n) is 4.26. The first kappa shape index (κ1) is 8.57. The molecule has 0 saturated carbocycles. The summed E-state index contributed by atoms with van der Waals surface area (Å²) in [5, 5.41) is 0. The zero-order chi connectivity index (χ0) is 9.10. The number of nitrogens with zero attached hydrogens (tertiary/aromatic N) is 1. The average molecular weight is 189 g/mol. The maximum absolute atomic E-state index is 4.12. The highest BCUT2D eigenvalue weighted by Gasteiger charge is 2.07. The van der Waals surface area contributed by atoms with Crippen LogP contribution < -0.4 is 0 Å². The third-order valence-electron chi connectivity index (χ3n) is 2.10. The molecule has 66 valence electrons. The molecule has 1 aliphatic rings. The van der Waals surface area contributed by atoms with Gasteiger partial charge in [-0.3, -0.25) is 4.99 Å². The average Bonchev–Trinajstić information content (AvgIpc) is 2.70. The van der Waals surface area contributed by atoms with E-state index in [9.17, 15) is 0 Å². The Morgan fingerprint density at radius 3 is 2.85 bits per heavy atom. The minimum absolute atomic E-state index is 0.970. The van der Waals surface area contributed by atoms with Gasteiger partial charge in [-0.15, -0.1) is 11.8 Å². The van der Waals surface area contributed by atoms with Crippen molar-refractivity contribution in [2.45, 2.75) is 11.3 Å². The van der Waals surface area contributed by atoms with Crippen molar-refractivity contribution in [3.8, 4) is 0 Å². The highest BCUT2D eigenvalue weighted by Crippen LogP contribution is 2.29. The number of hydrogen-bond donors (Lipinski definition) is 0. The molecule has 0 radical (unpaired) electrons. The molecule has 1 aliphatic heterocycles. The molecule has 0 unspecified atom stereocenters. The second kappa shape index (κ2) is 3.79. The summed E-state index contributed by atoms with van der Waals surface area (Å²) in [5.74, 6) is 0. The minimum atomic E-state index is 0.970. The molecule has 0 atom stereocenters. The summed E-state index contributed by atoms with van der Waals surface area (Å²) < 4.78 is 0. The summed E-state index contributed by atoms with van der Waals surface area (Å²) in [4.78, 5) is 5.45. The summed E-state index contributed by atoms with van der Waals surface area (Å²) in [7, 11) is 0. The largest absolute Gasteiger partial charge is 0.268 e. The maximum atomic E-state index is 4.12. The smallest absolute Gasteiger partial charge is 0.0306 e. The second-order valence-electron chi connectivity index (χ2n) is 2.89. The molecule has 0 amide bonds. The molecule has 0 aromatic heterocycles. The molecule has 13 heavy (non-hydrogen) atoms. The lowest BCUT2D eigenvalue weighted by Gasteiger charge is -2.06. The molecule has 1 aromatic carbocycles. The van der Waals surface area contributed by atoms with Gasteiger partial charge >= 0.3 is 0 Å². The number of aliphatic imine (C=N–C) groups is 1.